The van der Waals surface area contributed by atoms with E-state index in [2.05, 4.69) is 25.9 Å². The number of ether oxygens (including phenoxy) is 2. The summed E-state index contributed by atoms with van der Waals surface area (Å²) in [6.45, 7) is 0.195. The summed E-state index contributed by atoms with van der Waals surface area (Å²) in [5.41, 5.74) is 1.74. The molecule has 0 aliphatic carbocycles. The van der Waals surface area contributed by atoms with Crippen molar-refractivity contribution in [2.45, 2.75) is 18.8 Å². The summed E-state index contributed by atoms with van der Waals surface area (Å²) in [6.07, 6.45) is 1.09. The highest BCUT2D eigenvalue weighted by Crippen LogP contribution is 2.35. The number of esters is 1. The second kappa shape index (κ2) is 8.02. The van der Waals surface area contributed by atoms with Crippen molar-refractivity contribution < 1.29 is 14.3 Å². The lowest BCUT2D eigenvalue weighted by Gasteiger charge is -2.14. The number of carbonyl (C=O) groups excluding carboxylic acids is 1. The summed E-state index contributed by atoms with van der Waals surface area (Å²) >= 11 is 4.82. The number of nitrogens with zero attached hydrogens (tertiary/aromatic N) is 2. The molecule has 7 heteroatoms. The molecule has 0 radical (unpaired) electrons. The molecule has 3 aromatic rings. The van der Waals surface area contributed by atoms with Gasteiger partial charge in [-0.05, 0) is 33.6 Å². The minimum absolute atomic E-state index is 0.195. The molecule has 0 saturated heterocycles. The fraction of sp³-hybridized carbons (Fsp3) is 0.150. The van der Waals surface area contributed by atoms with E-state index in [0.29, 0.717) is 10.9 Å². The van der Waals surface area contributed by atoms with Gasteiger partial charge in [-0.25, -0.2) is 14.8 Å². The van der Waals surface area contributed by atoms with Gasteiger partial charge in [0.15, 0.2) is 12.1 Å². The number of hydrogen-bond donors (Lipinski definition) is 0. The first-order chi connectivity index (χ1) is 13.2. The van der Waals surface area contributed by atoms with Gasteiger partial charge in [-0.1, -0.05) is 48.5 Å². The summed E-state index contributed by atoms with van der Waals surface area (Å²) in [5.74, 6) is -0.00492. The van der Waals surface area contributed by atoms with Crippen LogP contribution in [-0.4, -0.2) is 22.9 Å². The molecule has 1 aliphatic heterocycles. The Morgan fingerprint density at radius 1 is 1.11 bits per heavy atom. The Bertz CT molecular complexity index is 960. The molecule has 2 unspecified atom stereocenters. The molecule has 1 aromatic heterocycles. The summed E-state index contributed by atoms with van der Waals surface area (Å²) < 4.78 is 12.4. The Morgan fingerprint density at radius 3 is 2.48 bits per heavy atom. The number of carbonyl (C=O) groups is 1. The Morgan fingerprint density at radius 2 is 1.81 bits per heavy atom. The number of halogens is 1. The molecule has 0 N–H and O–H groups in total. The van der Waals surface area contributed by atoms with Gasteiger partial charge in [-0.2, -0.15) is 0 Å². The molecule has 2 atom stereocenters. The van der Waals surface area contributed by atoms with E-state index in [0.717, 1.165) is 14.9 Å². The van der Waals surface area contributed by atoms with Crippen LogP contribution < -0.4 is 0 Å². The molecular formula is C20H15BrN2O3S. The highest BCUT2D eigenvalue weighted by molar-refractivity contribution is 9.11. The van der Waals surface area contributed by atoms with Crippen molar-refractivity contribution in [3.8, 4) is 0 Å². The molecule has 2 heterocycles. The average molecular weight is 443 g/mol. The van der Waals surface area contributed by atoms with Gasteiger partial charge < -0.3 is 9.47 Å². The number of aliphatic imine (C=N–C) groups is 1. The average Bonchev–Trinajstić information content (AvgIpc) is 3.34. The van der Waals surface area contributed by atoms with E-state index >= 15 is 0 Å². The fourth-order valence-corrected chi connectivity index (χ4v) is 4.01. The second-order valence-electron chi connectivity index (χ2n) is 5.88. The predicted molar refractivity (Wildman–Crippen MR) is 107 cm³/mol. The van der Waals surface area contributed by atoms with Crippen LogP contribution in [0.5, 0.6) is 0 Å². The maximum Gasteiger partial charge on any atom is 0.335 e. The van der Waals surface area contributed by atoms with Crippen molar-refractivity contribution in [3.05, 3.63) is 86.8 Å². The van der Waals surface area contributed by atoms with Crippen LogP contribution in [0.3, 0.4) is 0 Å². The van der Waals surface area contributed by atoms with Gasteiger partial charge in [0.05, 0.1) is 9.98 Å². The van der Waals surface area contributed by atoms with Gasteiger partial charge in [0.1, 0.15) is 11.6 Å². The second-order valence-corrected chi connectivity index (χ2v) is 8.32. The minimum Gasteiger partial charge on any atom is -0.464 e. The molecule has 2 aromatic carbocycles. The normalized spacial score (nSPS) is 18.6. The topological polar surface area (TPSA) is 60.8 Å². The molecule has 5 nitrogen and oxygen atoms in total. The number of benzene rings is 2. The first-order valence-corrected chi connectivity index (χ1v) is 9.93. The molecule has 0 saturated carbocycles. The quantitative estimate of drug-likeness (QED) is 0.544. The van der Waals surface area contributed by atoms with E-state index in [1.54, 1.807) is 6.20 Å². The molecule has 4 rings (SSSR count). The Balaban J connectivity index is 1.57. The van der Waals surface area contributed by atoms with E-state index in [-0.39, 0.29) is 6.61 Å². The van der Waals surface area contributed by atoms with Crippen molar-refractivity contribution in [3.63, 3.8) is 0 Å². The lowest BCUT2D eigenvalue weighted by Crippen LogP contribution is -2.26. The van der Waals surface area contributed by atoms with E-state index in [9.17, 15) is 4.79 Å². The van der Waals surface area contributed by atoms with Crippen molar-refractivity contribution in [1.82, 2.24) is 4.98 Å². The van der Waals surface area contributed by atoms with Crippen LogP contribution in [0.15, 0.2) is 75.6 Å². The van der Waals surface area contributed by atoms with Crippen molar-refractivity contribution in [1.29, 1.82) is 0 Å². The molecule has 1 aliphatic rings. The van der Waals surface area contributed by atoms with Gasteiger partial charge in [0.2, 0.25) is 5.90 Å². The molecule has 0 fully saturated rings. The third-order valence-electron chi connectivity index (χ3n) is 4.01. The molecule has 0 bridgehead atoms. The monoisotopic (exact) mass is 442 g/mol. The number of hydrogen-bond acceptors (Lipinski definition) is 6. The van der Waals surface area contributed by atoms with Crippen LogP contribution in [0.4, 0.5) is 0 Å². The molecule has 27 heavy (non-hydrogen) atoms. The van der Waals surface area contributed by atoms with Crippen molar-refractivity contribution >= 4 is 39.1 Å². The van der Waals surface area contributed by atoms with E-state index in [4.69, 9.17) is 9.47 Å². The summed E-state index contributed by atoms with van der Waals surface area (Å²) in [4.78, 5) is 21.6. The van der Waals surface area contributed by atoms with E-state index in [1.165, 1.54) is 11.3 Å². The van der Waals surface area contributed by atoms with Crippen LogP contribution in [0.1, 0.15) is 22.2 Å². The third kappa shape index (κ3) is 4.09. The highest BCUT2D eigenvalue weighted by atomic mass is 79.9. The van der Waals surface area contributed by atoms with Crippen LogP contribution in [0.2, 0.25) is 0 Å². The first kappa shape index (κ1) is 17.9. The van der Waals surface area contributed by atoms with Gasteiger partial charge in [0.25, 0.3) is 0 Å². The highest BCUT2D eigenvalue weighted by Gasteiger charge is 2.41. The van der Waals surface area contributed by atoms with Crippen LogP contribution in [-0.2, 0) is 20.9 Å². The lowest BCUT2D eigenvalue weighted by atomic mass is 10.2. The molecule has 0 amide bonds. The van der Waals surface area contributed by atoms with E-state index < -0.39 is 18.1 Å². The zero-order valence-electron chi connectivity index (χ0n) is 14.1. The Kier molecular flexibility index (Phi) is 5.31. The van der Waals surface area contributed by atoms with Gasteiger partial charge in [-0.3, -0.25) is 0 Å². The van der Waals surface area contributed by atoms with Gasteiger partial charge in [0, 0.05) is 5.56 Å². The summed E-state index contributed by atoms with van der Waals surface area (Å²) in [7, 11) is 0. The van der Waals surface area contributed by atoms with Crippen LogP contribution >= 0.6 is 27.3 Å². The number of thiazole rings is 1. The molecular weight excluding hydrogens is 428 g/mol. The van der Waals surface area contributed by atoms with E-state index in [1.807, 2.05) is 60.7 Å². The number of rotatable bonds is 5. The first-order valence-electron chi connectivity index (χ1n) is 8.32. The zero-order chi connectivity index (χ0) is 18.6. The maximum absolute atomic E-state index is 12.7. The Hall–Kier alpha value is -2.51. The standard InChI is InChI=1S/C20H15BrN2O3S/c21-15-11-22-19(27-15)17-16(20(24)25-12-13-7-3-1-4-8-13)23-18(26-17)14-9-5-2-6-10-14/h1-11,16-17H,12H2. The van der Waals surface area contributed by atoms with Gasteiger partial charge >= 0.3 is 5.97 Å². The third-order valence-corrected chi connectivity index (χ3v) is 5.54. The largest absolute Gasteiger partial charge is 0.464 e. The van der Waals surface area contributed by atoms with Gasteiger partial charge in [-0.15, -0.1) is 11.3 Å². The zero-order valence-corrected chi connectivity index (χ0v) is 16.5. The van der Waals surface area contributed by atoms with Crippen LogP contribution in [0.25, 0.3) is 0 Å². The molecule has 136 valence electrons. The number of aromatic nitrogens is 1. The Labute approximate surface area is 168 Å². The minimum atomic E-state index is -0.790. The summed E-state index contributed by atoms with van der Waals surface area (Å²) in [6, 6.07) is 18.3. The molecule has 0 spiro atoms. The summed E-state index contributed by atoms with van der Waals surface area (Å²) in [5, 5.41) is 0.679. The SMILES string of the molecule is O=C(OCc1ccccc1)C1N=C(c2ccccc2)OC1c1ncc(Br)s1. The smallest absolute Gasteiger partial charge is 0.335 e. The lowest BCUT2D eigenvalue weighted by molar-refractivity contribution is -0.148. The van der Waals surface area contributed by atoms with Crippen LogP contribution in [0, 0.1) is 0 Å². The van der Waals surface area contributed by atoms with Crippen molar-refractivity contribution in [2.24, 2.45) is 4.99 Å². The maximum atomic E-state index is 12.7. The predicted octanol–water partition coefficient (Wildman–Crippen LogP) is 4.54. The fourth-order valence-electron chi connectivity index (χ4n) is 2.71. The van der Waals surface area contributed by atoms with Crippen molar-refractivity contribution in [2.75, 3.05) is 0 Å².